The van der Waals surface area contributed by atoms with E-state index in [0.717, 1.165) is 12.5 Å². The highest BCUT2D eigenvalue weighted by atomic mass is 19.1. The third kappa shape index (κ3) is 3.35. The highest BCUT2D eigenvalue weighted by molar-refractivity contribution is 6.00. The lowest BCUT2D eigenvalue weighted by Crippen LogP contribution is -2.48. The van der Waals surface area contributed by atoms with E-state index >= 15 is 0 Å². The van der Waals surface area contributed by atoms with Gasteiger partial charge in [-0.25, -0.2) is 8.78 Å². The zero-order chi connectivity index (χ0) is 15.6. The van der Waals surface area contributed by atoms with Gasteiger partial charge in [-0.15, -0.1) is 0 Å². The summed E-state index contributed by atoms with van der Waals surface area (Å²) >= 11 is 0. The fraction of sp³-hybridized carbons (Fsp3) is 0.500. The monoisotopic (exact) mass is 295 g/mol. The van der Waals surface area contributed by atoms with Gasteiger partial charge in [-0.1, -0.05) is 6.92 Å². The summed E-state index contributed by atoms with van der Waals surface area (Å²) in [6.07, 6.45) is 1.16. The van der Waals surface area contributed by atoms with Crippen molar-refractivity contribution in [3.05, 3.63) is 35.4 Å². The molecule has 0 radical (unpaired) electrons. The largest absolute Gasteiger partial charge is 0.299 e. The number of hydrogen-bond acceptors (Lipinski definition) is 3. The van der Waals surface area contributed by atoms with Crippen LogP contribution in [-0.4, -0.2) is 35.6 Å². The number of nitrogens with zero attached hydrogens (tertiary/aromatic N) is 1. The maximum absolute atomic E-state index is 13.7. The maximum atomic E-state index is 13.7. The number of likely N-dealkylation sites (tertiary alicyclic amines) is 1. The zero-order valence-corrected chi connectivity index (χ0v) is 12.2. The molecule has 0 saturated carbocycles. The quantitative estimate of drug-likeness (QED) is 0.802. The summed E-state index contributed by atoms with van der Waals surface area (Å²) in [5, 5.41) is 0. The number of hydrogen-bond donors (Lipinski definition) is 0. The molecule has 1 saturated heterocycles. The van der Waals surface area contributed by atoms with Crippen molar-refractivity contribution in [2.75, 3.05) is 13.1 Å². The second-order valence-electron chi connectivity index (χ2n) is 5.48. The van der Waals surface area contributed by atoms with Gasteiger partial charge in [0, 0.05) is 31.5 Å². The van der Waals surface area contributed by atoms with Crippen LogP contribution < -0.4 is 0 Å². The van der Waals surface area contributed by atoms with Crippen molar-refractivity contribution in [2.24, 2.45) is 5.92 Å². The molecule has 2 atom stereocenters. The SMILES string of the molecule is CCC1CN(C(C)C(=O)c2ccc(F)cc2F)CCC1=O. The van der Waals surface area contributed by atoms with E-state index in [0.29, 0.717) is 25.6 Å². The molecule has 0 amide bonds. The average Bonchev–Trinajstić information content (AvgIpc) is 2.46. The van der Waals surface area contributed by atoms with Crippen LogP contribution in [-0.2, 0) is 4.79 Å². The number of halogens is 2. The number of carbonyl (C=O) groups excluding carboxylic acids is 2. The summed E-state index contributed by atoms with van der Waals surface area (Å²) in [5.41, 5.74) is -0.103. The molecule has 0 aromatic heterocycles. The van der Waals surface area contributed by atoms with Crippen LogP contribution in [0.5, 0.6) is 0 Å². The first-order chi connectivity index (χ1) is 9.93. The summed E-state index contributed by atoms with van der Waals surface area (Å²) in [7, 11) is 0. The van der Waals surface area contributed by atoms with Crippen LogP contribution in [0, 0.1) is 17.6 Å². The Labute approximate surface area is 122 Å². The fourth-order valence-corrected chi connectivity index (χ4v) is 2.72. The van der Waals surface area contributed by atoms with Gasteiger partial charge in [0.05, 0.1) is 11.6 Å². The highest BCUT2D eigenvalue weighted by Gasteiger charge is 2.32. The van der Waals surface area contributed by atoms with E-state index in [4.69, 9.17) is 0 Å². The molecule has 21 heavy (non-hydrogen) atoms. The van der Waals surface area contributed by atoms with Crippen molar-refractivity contribution < 1.29 is 18.4 Å². The standard InChI is InChI=1S/C16H19F2NO2/c1-3-11-9-19(7-6-15(11)20)10(2)16(21)13-5-4-12(17)8-14(13)18/h4-5,8,10-11H,3,6-7,9H2,1-2H3. The van der Waals surface area contributed by atoms with Gasteiger partial charge in [-0.3, -0.25) is 14.5 Å². The molecular formula is C16H19F2NO2. The summed E-state index contributed by atoms with van der Waals surface area (Å²) in [6.45, 7) is 4.67. The lowest BCUT2D eigenvalue weighted by atomic mass is 9.92. The van der Waals surface area contributed by atoms with E-state index in [1.165, 1.54) is 6.07 Å². The van der Waals surface area contributed by atoms with Crippen molar-refractivity contribution >= 4 is 11.6 Å². The number of piperidine rings is 1. The molecule has 5 heteroatoms. The van der Waals surface area contributed by atoms with Crippen LogP contribution in [0.1, 0.15) is 37.0 Å². The lowest BCUT2D eigenvalue weighted by molar-refractivity contribution is -0.126. The average molecular weight is 295 g/mol. The normalized spacial score (nSPS) is 21.3. The van der Waals surface area contributed by atoms with Gasteiger partial charge in [0.1, 0.15) is 17.4 Å². The smallest absolute Gasteiger partial charge is 0.182 e. The summed E-state index contributed by atoms with van der Waals surface area (Å²) in [4.78, 5) is 26.0. The Morgan fingerprint density at radius 3 is 2.76 bits per heavy atom. The van der Waals surface area contributed by atoms with E-state index < -0.39 is 17.7 Å². The van der Waals surface area contributed by atoms with Crippen LogP contribution in [0.4, 0.5) is 8.78 Å². The molecule has 2 rings (SSSR count). The molecule has 1 aliphatic heterocycles. The summed E-state index contributed by atoms with van der Waals surface area (Å²) in [5.74, 6) is -1.76. The molecule has 0 bridgehead atoms. The minimum absolute atomic E-state index is 0.0629. The van der Waals surface area contributed by atoms with Crippen LogP contribution >= 0.6 is 0 Å². The van der Waals surface area contributed by atoms with Gasteiger partial charge < -0.3 is 0 Å². The Morgan fingerprint density at radius 2 is 2.14 bits per heavy atom. The van der Waals surface area contributed by atoms with Gasteiger partial charge in [0.2, 0.25) is 0 Å². The zero-order valence-electron chi connectivity index (χ0n) is 12.2. The predicted octanol–water partition coefficient (Wildman–Crippen LogP) is 2.84. The molecule has 1 aliphatic rings. The Balaban J connectivity index is 2.14. The van der Waals surface area contributed by atoms with Gasteiger partial charge in [-0.05, 0) is 25.5 Å². The van der Waals surface area contributed by atoms with Crippen LogP contribution in [0.3, 0.4) is 0 Å². The van der Waals surface area contributed by atoms with Crippen LogP contribution in [0.25, 0.3) is 0 Å². The van der Waals surface area contributed by atoms with E-state index in [2.05, 4.69) is 0 Å². The lowest BCUT2D eigenvalue weighted by Gasteiger charge is -2.35. The van der Waals surface area contributed by atoms with Crippen LogP contribution in [0.15, 0.2) is 18.2 Å². The molecule has 1 fully saturated rings. The molecule has 0 spiro atoms. The minimum Gasteiger partial charge on any atom is -0.299 e. The molecular weight excluding hydrogens is 276 g/mol. The predicted molar refractivity (Wildman–Crippen MR) is 75.1 cm³/mol. The molecule has 114 valence electrons. The van der Waals surface area contributed by atoms with Crippen molar-refractivity contribution in [1.82, 2.24) is 4.90 Å². The van der Waals surface area contributed by atoms with E-state index in [9.17, 15) is 18.4 Å². The number of Topliss-reactive ketones (excluding diaryl/α,β-unsaturated/α-hetero) is 2. The Bertz CT molecular complexity index is 559. The first-order valence-corrected chi connectivity index (χ1v) is 7.20. The van der Waals surface area contributed by atoms with Gasteiger partial charge >= 0.3 is 0 Å². The summed E-state index contributed by atoms with van der Waals surface area (Å²) < 4.78 is 26.6. The highest BCUT2D eigenvalue weighted by Crippen LogP contribution is 2.21. The Morgan fingerprint density at radius 1 is 1.43 bits per heavy atom. The fourth-order valence-electron chi connectivity index (χ4n) is 2.72. The number of carbonyl (C=O) groups is 2. The second-order valence-corrected chi connectivity index (χ2v) is 5.48. The van der Waals surface area contributed by atoms with Gasteiger partial charge in [0.15, 0.2) is 5.78 Å². The molecule has 0 aliphatic carbocycles. The second kappa shape index (κ2) is 6.43. The maximum Gasteiger partial charge on any atom is 0.182 e. The molecule has 1 aromatic carbocycles. The third-order valence-corrected chi connectivity index (χ3v) is 4.17. The molecule has 1 aromatic rings. The first kappa shape index (κ1) is 15.8. The van der Waals surface area contributed by atoms with Crippen molar-refractivity contribution in [1.29, 1.82) is 0 Å². The molecule has 0 N–H and O–H groups in total. The topological polar surface area (TPSA) is 37.4 Å². The van der Waals surface area contributed by atoms with Gasteiger partial charge in [0.25, 0.3) is 0 Å². The minimum atomic E-state index is -0.841. The first-order valence-electron chi connectivity index (χ1n) is 7.20. The number of benzene rings is 1. The molecule has 1 heterocycles. The van der Waals surface area contributed by atoms with E-state index in [-0.39, 0.29) is 23.0 Å². The Hall–Kier alpha value is -1.62. The van der Waals surface area contributed by atoms with E-state index in [1.807, 2.05) is 11.8 Å². The van der Waals surface area contributed by atoms with Crippen molar-refractivity contribution in [3.8, 4) is 0 Å². The summed E-state index contributed by atoms with van der Waals surface area (Å²) in [6, 6.07) is 2.45. The third-order valence-electron chi connectivity index (χ3n) is 4.17. The van der Waals surface area contributed by atoms with Crippen molar-refractivity contribution in [2.45, 2.75) is 32.7 Å². The van der Waals surface area contributed by atoms with E-state index in [1.54, 1.807) is 6.92 Å². The Kier molecular flexibility index (Phi) is 4.83. The molecule has 3 nitrogen and oxygen atoms in total. The molecule has 2 unspecified atom stereocenters. The number of rotatable bonds is 4. The van der Waals surface area contributed by atoms with Gasteiger partial charge in [-0.2, -0.15) is 0 Å². The van der Waals surface area contributed by atoms with Crippen molar-refractivity contribution in [3.63, 3.8) is 0 Å². The van der Waals surface area contributed by atoms with Crippen LogP contribution in [0.2, 0.25) is 0 Å². The number of ketones is 2.